The molecule has 22 heavy (non-hydrogen) atoms. The Balaban J connectivity index is 2.68. The van der Waals surface area contributed by atoms with Gasteiger partial charge in [0.05, 0.1) is 0 Å². The number of nitrogens with zero attached hydrogens (tertiary/aromatic N) is 3. The van der Waals surface area contributed by atoms with Crippen LogP contribution in [0.25, 0.3) is 10.4 Å². The zero-order chi connectivity index (χ0) is 16.8. The van der Waals surface area contributed by atoms with Crippen LogP contribution >= 0.6 is 0 Å². The van der Waals surface area contributed by atoms with E-state index in [0.717, 1.165) is 5.56 Å². The molecular weight excluding hydrogens is 278 g/mol. The van der Waals surface area contributed by atoms with Crippen LogP contribution in [0.1, 0.15) is 43.6 Å². The van der Waals surface area contributed by atoms with Crippen LogP contribution in [0.5, 0.6) is 0 Å². The summed E-state index contributed by atoms with van der Waals surface area (Å²) < 4.78 is 0. The molecule has 0 aliphatic rings. The molecule has 0 bridgehead atoms. The fourth-order valence-corrected chi connectivity index (χ4v) is 1.92. The average molecular weight is 303 g/mol. The zero-order valence-corrected chi connectivity index (χ0v) is 14.0. The average Bonchev–Trinajstić information content (AvgIpc) is 2.45. The van der Waals surface area contributed by atoms with E-state index in [4.69, 9.17) is 5.53 Å². The van der Waals surface area contributed by atoms with Crippen molar-refractivity contribution in [3.8, 4) is 0 Å². The first-order valence-electron chi connectivity index (χ1n) is 7.31. The number of benzene rings is 1. The molecule has 6 nitrogen and oxygen atoms in total. The van der Waals surface area contributed by atoms with Gasteiger partial charge < -0.3 is 10.6 Å². The lowest BCUT2D eigenvalue weighted by Crippen LogP contribution is -2.47. The first-order chi connectivity index (χ1) is 10.2. The van der Waals surface area contributed by atoms with Crippen molar-refractivity contribution < 1.29 is 4.79 Å². The summed E-state index contributed by atoms with van der Waals surface area (Å²) in [7, 11) is 1.87. The molecule has 0 atom stereocenters. The van der Waals surface area contributed by atoms with E-state index in [9.17, 15) is 4.79 Å². The third kappa shape index (κ3) is 5.76. The van der Waals surface area contributed by atoms with Crippen LogP contribution in [0, 0.1) is 0 Å². The molecule has 1 rings (SSSR count). The lowest BCUT2D eigenvalue weighted by molar-refractivity contribution is 0.0943. The number of rotatable bonds is 7. The SMILES string of the molecule is CNC(C)(C)CNC(=O)c1ccc(CC(C)(C)N=[N+]=[N-])cc1. The first-order valence-corrected chi connectivity index (χ1v) is 7.31. The maximum absolute atomic E-state index is 12.1. The molecule has 0 spiro atoms. The van der Waals surface area contributed by atoms with Crippen molar-refractivity contribution in [3.63, 3.8) is 0 Å². The Morgan fingerprint density at radius 2 is 1.82 bits per heavy atom. The largest absolute Gasteiger partial charge is 0.350 e. The molecule has 0 heterocycles. The van der Waals surface area contributed by atoms with Gasteiger partial charge in [0.1, 0.15) is 0 Å². The van der Waals surface area contributed by atoms with Gasteiger partial charge >= 0.3 is 0 Å². The molecule has 1 amide bonds. The third-order valence-corrected chi connectivity index (χ3v) is 3.54. The minimum absolute atomic E-state index is 0.0934. The summed E-state index contributed by atoms with van der Waals surface area (Å²) in [5.41, 5.74) is 9.58. The van der Waals surface area contributed by atoms with Gasteiger partial charge in [0.15, 0.2) is 0 Å². The molecule has 0 aliphatic heterocycles. The summed E-state index contributed by atoms with van der Waals surface area (Å²) in [6.07, 6.45) is 0.631. The molecule has 0 aliphatic carbocycles. The van der Waals surface area contributed by atoms with Gasteiger partial charge in [-0.2, -0.15) is 0 Å². The molecular formula is C16H25N5O. The second kappa shape index (κ2) is 7.29. The van der Waals surface area contributed by atoms with Crippen LogP contribution in [0.4, 0.5) is 0 Å². The fraction of sp³-hybridized carbons (Fsp3) is 0.562. The number of carbonyl (C=O) groups is 1. The number of carbonyl (C=O) groups excluding carboxylic acids is 1. The Morgan fingerprint density at radius 1 is 1.23 bits per heavy atom. The molecule has 1 aromatic rings. The molecule has 2 N–H and O–H groups in total. The molecule has 0 aromatic heterocycles. The van der Waals surface area contributed by atoms with Gasteiger partial charge in [0, 0.05) is 28.1 Å². The van der Waals surface area contributed by atoms with Crippen LogP contribution in [0.3, 0.4) is 0 Å². The van der Waals surface area contributed by atoms with E-state index in [1.54, 1.807) is 12.1 Å². The van der Waals surface area contributed by atoms with E-state index < -0.39 is 5.54 Å². The third-order valence-electron chi connectivity index (χ3n) is 3.54. The summed E-state index contributed by atoms with van der Waals surface area (Å²) in [5.74, 6) is -0.0934. The molecule has 0 fully saturated rings. The van der Waals surface area contributed by atoms with E-state index in [1.807, 2.05) is 46.9 Å². The Hall–Kier alpha value is -2.04. The maximum Gasteiger partial charge on any atom is 0.251 e. The van der Waals surface area contributed by atoms with Crippen molar-refractivity contribution >= 4 is 5.91 Å². The zero-order valence-electron chi connectivity index (χ0n) is 14.0. The number of hydrogen-bond acceptors (Lipinski definition) is 3. The molecule has 0 unspecified atom stereocenters. The smallest absolute Gasteiger partial charge is 0.251 e. The van der Waals surface area contributed by atoms with Gasteiger partial charge in [0.2, 0.25) is 0 Å². The standard InChI is InChI=1S/C16H25N5O/c1-15(2,20-21-17)10-12-6-8-13(9-7-12)14(22)19-11-16(3,4)18-5/h6-9,18H,10-11H2,1-5H3,(H,19,22). The van der Waals surface area contributed by atoms with Crippen LogP contribution in [-0.4, -0.2) is 30.6 Å². The summed E-state index contributed by atoms with van der Waals surface area (Å²) in [6.45, 7) is 8.36. The Morgan fingerprint density at radius 3 is 2.32 bits per heavy atom. The van der Waals surface area contributed by atoms with E-state index in [-0.39, 0.29) is 11.4 Å². The lowest BCUT2D eigenvalue weighted by atomic mass is 9.95. The fourth-order valence-electron chi connectivity index (χ4n) is 1.92. The van der Waals surface area contributed by atoms with Crippen molar-refractivity contribution in [2.45, 2.75) is 45.2 Å². The summed E-state index contributed by atoms with van der Waals surface area (Å²) in [5, 5.41) is 9.82. The molecule has 6 heteroatoms. The Labute approximate surface area is 131 Å². The molecule has 120 valence electrons. The molecule has 0 radical (unpaired) electrons. The maximum atomic E-state index is 12.1. The summed E-state index contributed by atoms with van der Waals surface area (Å²) >= 11 is 0. The number of azide groups is 1. The van der Waals surface area contributed by atoms with E-state index in [2.05, 4.69) is 20.7 Å². The van der Waals surface area contributed by atoms with Crippen molar-refractivity contribution in [1.29, 1.82) is 0 Å². The second-order valence-electron chi connectivity index (χ2n) is 6.69. The highest BCUT2D eigenvalue weighted by Crippen LogP contribution is 2.17. The number of likely N-dealkylation sites (N-methyl/N-ethyl adjacent to an activating group) is 1. The van der Waals surface area contributed by atoms with Crippen LogP contribution in [0.15, 0.2) is 29.4 Å². The van der Waals surface area contributed by atoms with Gasteiger partial charge in [0.25, 0.3) is 5.91 Å². The van der Waals surface area contributed by atoms with Crippen LogP contribution in [-0.2, 0) is 6.42 Å². The predicted molar refractivity (Wildman–Crippen MR) is 88.8 cm³/mol. The van der Waals surface area contributed by atoms with Gasteiger partial charge in [-0.1, -0.05) is 31.1 Å². The van der Waals surface area contributed by atoms with E-state index >= 15 is 0 Å². The van der Waals surface area contributed by atoms with Crippen molar-refractivity contribution in [2.75, 3.05) is 13.6 Å². The summed E-state index contributed by atoms with van der Waals surface area (Å²) in [6, 6.07) is 7.38. The summed E-state index contributed by atoms with van der Waals surface area (Å²) in [4.78, 5) is 15.0. The lowest BCUT2D eigenvalue weighted by Gasteiger charge is -2.24. The highest BCUT2D eigenvalue weighted by atomic mass is 16.1. The van der Waals surface area contributed by atoms with Crippen molar-refractivity contribution in [2.24, 2.45) is 5.11 Å². The van der Waals surface area contributed by atoms with Crippen molar-refractivity contribution in [1.82, 2.24) is 10.6 Å². The molecule has 0 saturated heterocycles. The van der Waals surface area contributed by atoms with Crippen LogP contribution < -0.4 is 10.6 Å². The van der Waals surface area contributed by atoms with Gasteiger partial charge in [-0.25, -0.2) is 0 Å². The van der Waals surface area contributed by atoms with Crippen molar-refractivity contribution in [3.05, 3.63) is 45.8 Å². The second-order valence-corrected chi connectivity index (χ2v) is 6.69. The van der Waals surface area contributed by atoms with Gasteiger partial charge in [-0.15, -0.1) is 0 Å². The molecule has 1 aromatic carbocycles. The topological polar surface area (TPSA) is 89.9 Å². The number of nitrogens with one attached hydrogen (secondary N) is 2. The number of amides is 1. The quantitative estimate of drug-likeness (QED) is 0.460. The first kappa shape index (κ1) is 18.0. The normalized spacial score (nSPS) is 11.7. The highest BCUT2D eigenvalue weighted by Gasteiger charge is 2.18. The minimum Gasteiger partial charge on any atom is -0.350 e. The molecule has 0 saturated carbocycles. The number of hydrogen-bond donors (Lipinski definition) is 2. The Bertz CT molecular complexity index is 556. The van der Waals surface area contributed by atoms with Gasteiger partial charge in [-0.05, 0) is 50.5 Å². The Kier molecular flexibility index (Phi) is 5.97. The van der Waals surface area contributed by atoms with Gasteiger partial charge in [-0.3, -0.25) is 4.79 Å². The minimum atomic E-state index is -0.477. The predicted octanol–water partition coefficient (Wildman–Crippen LogP) is 3.05. The highest BCUT2D eigenvalue weighted by molar-refractivity contribution is 5.94. The monoisotopic (exact) mass is 303 g/mol. The van der Waals surface area contributed by atoms with Crippen LogP contribution in [0.2, 0.25) is 0 Å². The van der Waals surface area contributed by atoms with E-state index in [1.165, 1.54) is 0 Å². The van der Waals surface area contributed by atoms with E-state index in [0.29, 0.717) is 18.5 Å².